The second-order valence-corrected chi connectivity index (χ2v) is 8.33. The predicted molar refractivity (Wildman–Crippen MR) is 90.4 cm³/mol. The molecule has 3 aliphatic rings. The van der Waals surface area contributed by atoms with E-state index in [1.54, 1.807) is 0 Å². The van der Waals surface area contributed by atoms with Crippen molar-refractivity contribution < 1.29 is 9.59 Å². The van der Waals surface area contributed by atoms with Crippen molar-refractivity contribution in [1.29, 1.82) is 0 Å². The fourth-order valence-corrected chi connectivity index (χ4v) is 4.98. The van der Waals surface area contributed by atoms with Crippen LogP contribution in [0.15, 0.2) is 17.5 Å². The Balaban J connectivity index is 1.45. The molecule has 1 aromatic heterocycles. The lowest BCUT2D eigenvalue weighted by Gasteiger charge is -2.42. The number of carbonyl (C=O) groups is 2. The minimum Gasteiger partial charge on any atom is -0.342 e. The average Bonchev–Trinajstić information content (AvgIpc) is 3.17. The van der Waals surface area contributed by atoms with Gasteiger partial charge >= 0.3 is 0 Å². The lowest BCUT2D eigenvalue weighted by molar-refractivity contribution is -0.146. The van der Waals surface area contributed by atoms with Crippen molar-refractivity contribution in [2.45, 2.75) is 38.5 Å². The first kappa shape index (κ1) is 15.2. The van der Waals surface area contributed by atoms with Crippen LogP contribution in [0.2, 0.25) is 0 Å². The highest BCUT2D eigenvalue weighted by Crippen LogP contribution is 2.41. The predicted octanol–water partition coefficient (Wildman–Crippen LogP) is 3.00. The number of carbonyl (C=O) groups excluding carboxylic acids is 2. The summed E-state index contributed by atoms with van der Waals surface area (Å²) in [5.41, 5.74) is -0.297. The zero-order valence-electron chi connectivity index (χ0n) is 13.5. The van der Waals surface area contributed by atoms with Crippen molar-refractivity contribution in [3.05, 3.63) is 22.4 Å². The highest BCUT2D eigenvalue weighted by Gasteiger charge is 2.49. The van der Waals surface area contributed by atoms with E-state index in [0.717, 1.165) is 49.7 Å². The van der Waals surface area contributed by atoms with E-state index in [1.165, 1.54) is 30.6 Å². The van der Waals surface area contributed by atoms with Gasteiger partial charge in [0.05, 0.1) is 10.3 Å². The molecule has 0 aromatic carbocycles. The highest BCUT2D eigenvalue weighted by atomic mass is 32.1. The van der Waals surface area contributed by atoms with Crippen LogP contribution in [0.4, 0.5) is 0 Å². The Kier molecular flexibility index (Phi) is 3.92. The van der Waals surface area contributed by atoms with E-state index < -0.39 is 0 Å². The van der Waals surface area contributed by atoms with Gasteiger partial charge in [-0.1, -0.05) is 12.5 Å². The molecule has 4 nitrogen and oxygen atoms in total. The molecule has 1 aromatic rings. The normalized spacial score (nSPS) is 28.4. The number of nitrogens with zero attached hydrogens (tertiary/aromatic N) is 2. The van der Waals surface area contributed by atoms with Gasteiger partial charge in [0.25, 0.3) is 5.91 Å². The van der Waals surface area contributed by atoms with Crippen LogP contribution in [0.25, 0.3) is 0 Å². The molecule has 0 unspecified atom stereocenters. The van der Waals surface area contributed by atoms with Gasteiger partial charge in [-0.15, -0.1) is 11.3 Å². The summed E-state index contributed by atoms with van der Waals surface area (Å²) < 4.78 is 0. The molecule has 0 bridgehead atoms. The summed E-state index contributed by atoms with van der Waals surface area (Å²) in [5.74, 6) is 1.14. The van der Waals surface area contributed by atoms with Crippen LogP contribution in [-0.4, -0.2) is 47.8 Å². The molecule has 1 atom stereocenters. The van der Waals surface area contributed by atoms with Gasteiger partial charge in [-0.05, 0) is 49.5 Å². The monoisotopic (exact) mass is 332 g/mol. The quantitative estimate of drug-likeness (QED) is 0.854. The van der Waals surface area contributed by atoms with E-state index in [1.807, 2.05) is 22.4 Å². The second-order valence-electron chi connectivity index (χ2n) is 7.39. The van der Waals surface area contributed by atoms with Crippen molar-refractivity contribution in [2.24, 2.45) is 11.3 Å². The number of amides is 2. The van der Waals surface area contributed by atoms with Gasteiger partial charge in [-0.2, -0.15) is 0 Å². The fraction of sp³-hybridized carbons (Fsp3) is 0.667. The maximum absolute atomic E-state index is 13.1. The van der Waals surface area contributed by atoms with Gasteiger partial charge < -0.3 is 9.80 Å². The van der Waals surface area contributed by atoms with Crippen LogP contribution in [0.3, 0.4) is 0 Å². The Bertz CT molecular complexity index is 596. The summed E-state index contributed by atoms with van der Waals surface area (Å²) in [5, 5.41) is 1.94. The minimum absolute atomic E-state index is 0.0980. The van der Waals surface area contributed by atoms with Crippen LogP contribution in [0, 0.1) is 11.3 Å². The second kappa shape index (κ2) is 5.93. The van der Waals surface area contributed by atoms with Crippen LogP contribution >= 0.6 is 11.3 Å². The highest BCUT2D eigenvalue weighted by molar-refractivity contribution is 7.12. The summed E-state index contributed by atoms with van der Waals surface area (Å²) in [6.07, 6.45) is 6.74. The van der Waals surface area contributed by atoms with Crippen LogP contribution < -0.4 is 0 Å². The SMILES string of the molecule is O=C(c1cccs1)N1CC[C@@]2(CCCN(CC3CCC3)C2=O)C1. The summed E-state index contributed by atoms with van der Waals surface area (Å²) in [6.45, 7) is 3.19. The molecular formula is C18H24N2O2S. The molecule has 3 heterocycles. The number of piperidine rings is 1. The van der Waals surface area contributed by atoms with Crippen LogP contribution in [-0.2, 0) is 4.79 Å². The van der Waals surface area contributed by atoms with E-state index in [0.29, 0.717) is 12.5 Å². The molecule has 4 rings (SSSR count). The largest absolute Gasteiger partial charge is 0.342 e. The topological polar surface area (TPSA) is 40.6 Å². The van der Waals surface area contributed by atoms with Crippen molar-refractivity contribution in [3.8, 4) is 0 Å². The number of thiophene rings is 1. The van der Waals surface area contributed by atoms with Crippen molar-refractivity contribution >= 4 is 23.2 Å². The standard InChI is InChI=1S/C18H24N2O2S/c21-16(15-6-2-11-23-15)20-10-8-18(13-20)7-3-9-19(17(18)22)12-14-4-1-5-14/h2,6,11,14H,1,3-5,7-10,12-13H2/t18-/m0/s1. The molecule has 2 amide bonds. The number of hydrogen-bond donors (Lipinski definition) is 0. The molecular weight excluding hydrogens is 308 g/mol. The first-order valence-corrected chi connectivity index (χ1v) is 9.68. The third kappa shape index (κ3) is 2.69. The Hall–Kier alpha value is -1.36. The van der Waals surface area contributed by atoms with Crippen LogP contribution in [0.5, 0.6) is 0 Å². The van der Waals surface area contributed by atoms with E-state index in [4.69, 9.17) is 0 Å². The Morgan fingerprint density at radius 2 is 2.13 bits per heavy atom. The average molecular weight is 332 g/mol. The van der Waals surface area contributed by atoms with Gasteiger partial charge in [0, 0.05) is 26.2 Å². The summed E-state index contributed by atoms with van der Waals surface area (Å²) in [6, 6.07) is 3.79. The lowest BCUT2D eigenvalue weighted by atomic mass is 9.77. The number of hydrogen-bond acceptors (Lipinski definition) is 3. The zero-order chi connectivity index (χ0) is 15.9. The van der Waals surface area contributed by atoms with E-state index >= 15 is 0 Å². The first-order valence-electron chi connectivity index (χ1n) is 8.80. The van der Waals surface area contributed by atoms with Gasteiger partial charge in [-0.3, -0.25) is 9.59 Å². The molecule has 1 saturated carbocycles. The molecule has 23 heavy (non-hydrogen) atoms. The number of likely N-dealkylation sites (tertiary alicyclic amines) is 2. The molecule has 0 N–H and O–H groups in total. The van der Waals surface area contributed by atoms with Crippen molar-refractivity contribution in [1.82, 2.24) is 9.80 Å². The maximum atomic E-state index is 13.1. The molecule has 5 heteroatoms. The van der Waals surface area contributed by atoms with Gasteiger partial charge in [0.2, 0.25) is 5.91 Å². The van der Waals surface area contributed by atoms with Crippen molar-refractivity contribution in [3.63, 3.8) is 0 Å². The Morgan fingerprint density at radius 3 is 2.83 bits per heavy atom. The molecule has 1 aliphatic carbocycles. The zero-order valence-corrected chi connectivity index (χ0v) is 14.3. The molecule has 2 saturated heterocycles. The first-order chi connectivity index (χ1) is 11.2. The van der Waals surface area contributed by atoms with Crippen LogP contribution in [0.1, 0.15) is 48.2 Å². The Morgan fingerprint density at radius 1 is 1.26 bits per heavy atom. The minimum atomic E-state index is -0.297. The van der Waals surface area contributed by atoms with Gasteiger partial charge in [-0.25, -0.2) is 0 Å². The third-order valence-electron chi connectivity index (χ3n) is 5.90. The molecule has 1 spiro atoms. The molecule has 3 fully saturated rings. The van der Waals surface area contributed by atoms with Crippen molar-refractivity contribution in [2.75, 3.05) is 26.2 Å². The molecule has 2 aliphatic heterocycles. The van der Waals surface area contributed by atoms with Gasteiger partial charge in [0.1, 0.15) is 0 Å². The molecule has 124 valence electrons. The van der Waals surface area contributed by atoms with E-state index in [9.17, 15) is 9.59 Å². The Labute approximate surface area is 141 Å². The number of rotatable bonds is 3. The maximum Gasteiger partial charge on any atom is 0.263 e. The summed E-state index contributed by atoms with van der Waals surface area (Å²) in [4.78, 5) is 30.4. The summed E-state index contributed by atoms with van der Waals surface area (Å²) in [7, 11) is 0. The molecule has 0 radical (unpaired) electrons. The van der Waals surface area contributed by atoms with E-state index in [-0.39, 0.29) is 11.3 Å². The lowest BCUT2D eigenvalue weighted by Crippen LogP contribution is -2.52. The third-order valence-corrected chi connectivity index (χ3v) is 6.76. The van der Waals surface area contributed by atoms with Gasteiger partial charge in [0.15, 0.2) is 0 Å². The smallest absolute Gasteiger partial charge is 0.263 e. The fourth-order valence-electron chi connectivity index (χ4n) is 4.29. The summed E-state index contributed by atoms with van der Waals surface area (Å²) >= 11 is 1.49. The van der Waals surface area contributed by atoms with E-state index in [2.05, 4.69) is 4.90 Å².